The highest BCUT2D eigenvalue weighted by atomic mass is 16.1. The van der Waals surface area contributed by atoms with Gasteiger partial charge in [0.05, 0.1) is 5.70 Å². The first-order valence-electron chi connectivity index (χ1n) is 6.65. The van der Waals surface area contributed by atoms with Gasteiger partial charge in [-0.1, -0.05) is 43.8 Å². The molecule has 1 aliphatic carbocycles. The van der Waals surface area contributed by atoms with Crippen LogP contribution in [0.2, 0.25) is 0 Å². The Hall–Kier alpha value is -1.05. The number of carbonyl (C=O) groups is 1. The Morgan fingerprint density at radius 2 is 1.76 bits per heavy atom. The van der Waals surface area contributed by atoms with Gasteiger partial charge in [0.25, 0.3) is 0 Å². The summed E-state index contributed by atoms with van der Waals surface area (Å²) in [6.07, 6.45) is 9.62. The molecule has 0 aliphatic heterocycles. The van der Waals surface area contributed by atoms with E-state index in [0.29, 0.717) is 11.6 Å². The smallest absolute Gasteiger partial charge is 0.175 e. The minimum atomic E-state index is -0.00619. The van der Waals surface area contributed by atoms with E-state index in [9.17, 15) is 4.79 Å². The van der Waals surface area contributed by atoms with E-state index in [1.807, 2.05) is 13.8 Å². The van der Waals surface area contributed by atoms with E-state index in [4.69, 9.17) is 5.73 Å². The molecule has 1 rings (SSSR count). The number of allylic oxidation sites excluding steroid dienone is 4. The average molecular weight is 235 g/mol. The minimum Gasteiger partial charge on any atom is -0.396 e. The number of hydrogen-bond donors (Lipinski definition) is 1. The maximum atomic E-state index is 11.4. The van der Waals surface area contributed by atoms with Crippen molar-refractivity contribution in [3.8, 4) is 0 Å². The number of Topliss-reactive ketones (excluding diaryl/α,β-unsaturated/α-hetero) is 1. The Morgan fingerprint density at radius 1 is 1.18 bits per heavy atom. The lowest BCUT2D eigenvalue weighted by atomic mass is 9.84. The highest BCUT2D eigenvalue weighted by Gasteiger charge is 2.16. The molecule has 0 radical (unpaired) electrons. The molecule has 0 aromatic heterocycles. The normalized spacial score (nSPS) is 18.5. The molecule has 1 aliphatic rings. The monoisotopic (exact) mass is 235 g/mol. The Kier molecular flexibility index (Phi) is 5.46. The van der Waals surface area contributed by atoms with Crippen LogP contribution in [0.1, 0.15) is 59.3 Å². The van der Waals surface area contributed by atoms with Gasteiger partial charge in [-0.2, -0.15) is 0 Å². The summed E-state index contributed by atoms with van der Waals surface area (Å²) in [5, 5.41) is 0. The molecule has 2 heteroatoms. The van der Waals surface area contributed by atoms with E-state index in [1.54, 1.807) is 6.92 Å². The van der Waals surface area contributed by atoms with E-state index in [1.165, 1.54) is 37.7 Å². The van der Waals surface area contributed by atoms with Gasteiger partial charge in [-0.25, -0.2) is 0 Å². The van der Waals surface area contributed by atoms with Crippen molar-refractivity contribution in [1.82, 2.24) is 0 Å². The molecule has 0 aromatic rings. The molecule has 0 amide bonds. The van der Waals surface area contributed by atoms with Crippen molar-refractivity contribution in [2.24, 2.45) is 11.7 Å². The van der Waals surface area contributed by atoms with Crippen molar-refractivity contribution in [1.29, 1.82) is 0 Å². The van der Waals surface area contributed by atoms with Gasteiger partial charge >= 0.3 is 0 Å². The zero-order chi connectivity index (χ0) is 12.8. The fraction of sp³-hybridized carbons (Fsp3) is 0.667. The second-order valence-corrected chi connectivity index (χ2v) is 5.42. The van der Waals surface area contributed by atoms with Gasteiger partial charge in [-0.05, 0) is 31.8 Å². The molecule has 0 spiro atoms. The summed E-state index contributed by atoms with van der Waals surface area (Å²) in [6.45, 7) is 5.65. The molecule has 2 N–H and O–H groups in total. The molecule has 96 valence electrons. The highest BCUT2D eigenvalue weighted by molar-refractivity contribution is 5.93. The van der Waals surface area contributed by atoms with Gasteiger partial charge in [0.2, 0.25) is 0 Å². The first-order chi connectivity index (χ1) is 8.00. The Morgan fingerprint density at radius 3 is 2.24 bits per heavy atom. The molecule has 17 heavy (non-hydrogen) atoms. The molecular formula is C15H25NO. The topological polar surface area (TPSA) is 43.1 Å². The first-order valence-corrected chi connectivity index (χ1v) is 6.65. The van der Waals surface area contributed by atoms with Crippen LogP contribution in [0.25, 0.3) is 0 Å². The maximum absolute atomic E-state index is 11.4. The van der Waals surface area contributed by atoms with Crippen LogP contribution in [0.15, 0.2) is 22.9 Å². The van der Waals surface area contributed by atoms with Crippen LogP contribution in [0, 0.1) is 5.92 Å². The van der Waals surface area contributed by atoms with E-state index < -0.39 is 0 Å². The molecule has 0 heterocycles. The third kappa shape index (κ3) is 4.76. The molecule has 1 fully saturated rings. The Bertz CT molecular complexity index is 329. The molecule has 0 aromatic carbocycles. The van der Waals surface area contributed by atoms with Crippen LogP contribution in [-0.4, -0.2) is 5.78 Å². The quantitative estimate of drug-likeness (QED) is 0.596. The number of rotatable bonds is 4. The van der Waals surface area contributed by atoms with Crippen LogP contribution in [0.4, 0.5) is 0 Å². The predicted molar refractivity (Wildman–Crippen MR) is 72.5 cm³/mol. The van der Waals surface area contributed by atoms with Crippen molar-refractivity contribution in [2.45, 2.75) is 59.3 Å². The fourth-order valence-electron chi connectivity index (χ4n) is 2.52. The summed E-state index contributed by atoms with van der Waals surface area (Å²) >= 11 is 0. The number of nitrogens with two attached hydrogens (primary N) is 1. The average Bonchev–Trinajstić information content (AvgIpc) is 2.28. The van der Waals surface area contributed by atoms with Crippen LogP contribution in [0.3, 0.4) is 0 Å². The van der Waals surface area contributed by atoms with Gasteiger partial charge in [0, 0.05) is 6.92 Å². The number of hydrogen-bond acceptors (Lipinski definition) is 2. The lowest BCUT2D eigenvalue weighted by Gasteiger charge is -2.22. The summed E-state index contributed by atoms with van der Waals surface area (Å²) < 4.78 is 0. The molecular weight excluding hydrogens is 210 g/mol. The standard InChI is InChI=1S/C15H25NO/c1-11(2)9-14(15(16)12(3)17)10-13-7-5-4-6-8-13/h9,13H,4-8,10,16H2,1-3H3/b15-14-. The van der Waals surface area contributed by atoms with Crippen molar-refractivity contribution in [2.75, 3.05) is 0 Å². The molecule has 0 bridgehead atoms. The van der Waals surface area contributed by atoms with E-state index in [2.05, 4.69) is 6.08 Å². The van der Waals surface area contributed by atoms with E-state index in [-0.39, 0.29) is 5.78 Å². The van der Waals surface area contributed by atoms with Crippen molar-refractivity contribution < 1.29 is 4.79 Å². The number of carbonyl (C=O) groups excluding carboxylic acids is 1. The zero-order valence-electron chi connectivity index (χ0n) is 11.4. The van der Waals surface area contributed by atoms with Gasteiger partial charge in [0.15, 0.2) is 5.78 Å². The Balaban J connectivity index is 2.80. The first kappa shape index (κ1) is 14.0. The van der Waals surface area contributed by atoms with Gasteiger partial charge in [-0.3, -0.25) is 4.79 Å². The highest BCUT2D eigenvalue weighted by Crippen LogP contribution is 2.30. The van der Waals surface area contributed by atoms with Crippen LogP contribution in [0.5, 0.6) is 0 Å². The third-order valence-corrected chi connectivity index (χ3v) is 3.42. The van der Waals surface area contributed by atoms with Crippen LogP contribution >= 0.6 is 0 Å². The summed E-state index contributed by atoms with van der Waals surface area (Å²) in [5.74, 6) is 0.709. The van der Waals surface area contributed by atoms with Crippen LogP contribution < -0.4 is 5.73 Å². The summed E-state index contributed by atoms with van der Waals surface area (Å²) in [5.41, 5.74) is 8.62. The summed E-state index contributed by atoms with van der Waals surface area (Å²) in [4.78, 5) is 11.4. The zero-order valence-corrected chi connectivity index (χ0v) is 11.4. The summed E-state index contributed by atoms with van der Waals surface area (Å²) in [6, 6.07) is 0. The molecule has 2 nitrogen and oxygen atoms in total. The lowest BCUT2D eigenvalue weighted by molar-refractivity contribution is -0.113. The predicted octanol–water partition coefficient (Wildman–Crippen LogP) is 3.72. The minimum absolute atomic E-state index is 0.00619. The van der Waals surface area contributed by atoms with Crippen molar-refractivity contribution in [3.05, 3.63) is 22.9 Å². The molecule has 0 saturated heterocycles. The maximum Gasteiger partial charge on any atom is 0.175 e. The van der Waals surface area contributed by atoms with Gasteiger partial charge < -0.3 is 5.73 Å². The van der Waals surface area contributed by atoms with Gasteiger partial charge in [-0.15, -0.1) is 0 Å². The largest absolute Gasteiger partial charge is 0.396 e. The van der Waals surface area contributed by atoms with Gasteiger partial charge in [0.1, 0.15) is 0 Å². The lowest BCUT2D eigenvalue weighted by Crippen LogP contribution is -2.14. The molecule has 1 saturated carbocycles. The second kappa shape index (κ2) is 6.63. The fourth-order valence-corrected chi connectivity index (χ4v) is 2.52. The van der Waals surface area contributed by atoms with E-state index in [0.717, 1.165) is 12.0 Å². The molecule has 0 atom stereocenters. The van der Waals surface area contributed by atoms with Crippen molar-refractivity contribution in [3.63, 3.8) is 0 Å². The molecule has 0 unspecified atom stereocenters. The number of ketones is 1. The van der Waals surface area contributed by atoms with Crippen LogP contribution in [-0.2, 0) is 4.79 Å². The summed E-state index contributed by atoms with van der Waals surface area (Å²) in [7, 11) is 0. The Labute approximate surface area is 105 Å². The SMILES string of the molecule is CC(=O)/C(N)=C(\C=C(C)C)CC1CCCCC1. The second-order valence-electron chi connectivity index (χ2n) is 5.42. The van der Waals surface area contributed by atoms with E-state index >= 15 is 0 Å². The third-order valence-electron chi connectivity index (χ3n) is 3.42. The van der Waals surface area contributed by atoms with Crippen molar-refractivity contribution >= 4 is 5.78 Å².